The monoisotopic (exact) mass is 500 g/mol. The number of esters is 1. The zero-order chi connectivity index (χ0) is 26.2. The van der Waals surface area contributed by atoms with Crippen molar-refractivity contribution in [3.8, 4) is 5.75 Å². The molecule has 1 fully saturated rings. The first-order chi connectivity index (χ1) is 18.0. The third kappa shape index (κ3) is 6.48. The summed E-state index contributed by atoms with van der Waals surface area (Å²) in [7, 11) is 0. The normalized spacial score (nSPS) is 15.1. The summed E-state index contributed by atoms with van der Waals surface area (Å²) in [5.41, 5.74) is 2.14. The molecule has 4 rings (SSSR count). The van der Waals surface area contributed by atoms with Crippen LogP contribution in [-0.2, 0) is 20.7 Å². The number of anilines is 1. The van der Waals surface area contributed by atoms with Gasteiger partial charge in [-0.15, -0.1) is 0 Å². The third-order valence-corrected chi connectivity index (χ3v) is 5.98. The number of nitrogens with zero attached hydrogens (tertiary/aromatic N) is 1. The predicted octanol–water partition coefficient (Wildman–Crippen LogP) is 3.59. The molecule has 1 N–H and O–H groups in total. The highest BCUT2D eigenvalue weighted by atomic mass is 16.5. The summed E-state index contributed by atoms with van der Waals surface area (Å²) in [4.78, 5) is 51.3. The van der Waals surface area contributed by atoms with Crippen LogP contribution in [0, 0.1) is 0 Å². The number of benzene rings is 3. The molecule has 0 saturated carbocycles. The van der Waals surface area contributed by atoms with Crippen molar-refractivity contribution in [2.45, 2.75) is 25.8 Å². The highest BCUT2D eigenvalue weighted by Crippen LogP contribution is 2.24. The largest absolute Gasteiger partial charge is 0.494 e. The van der Waals surface area contributed by atoms with E-state index in [2.05, 4.69) is 5.32 Å². The molecule has 1 unspecified atom stereocenters. The van der Waals surface area contributed by atoms with Gasteiger partial charge in [0.05, 0.1) is 30.3 Å². The Bertz CT molecular complexity index is 1260. The minimum atomic E-state index is -0.676. The number of hydrogen-bond donors (Lipinski definition) is 1. The first kappa shape index (κ1) is 25.8. The maximum atomic E-state index is 12.9. The molecule has 0 aromatic heterocycles. The molecule has 8 nitrogen and oxygen atoms in total. The molecule has 8 heteroatoms. The zero-order valence-electron chi connectivity index (χ0n) is 20.5. The molecule has 0 radical (unpaired) electrons. The van der Waals surface area contributed by atoms with Crippen molar-refractivity contribution in [1.29, 1.82) is 0 Å². The number of rotatable bonds is 11. The van der Waals surface area contributed by atoms with E-state index in [1.54, 1.807) is 24.3 Å². The van der Waals surface area contributed by atoms with Crippen molar-refractivity contribution < 1.29 is 28.7 Å². The number of Topliss-reactive ketones (excluding diaryl/α,β-unsaturated/α-hetero) is 1. The van der Waals surface area contributed by atoms with E-state index in [1.165, 1.54) is 24.3 Å². The lowest BCUT2D eigenvalue weighted by molar-refractivity contribution is -0.121. The molecular weight excluding hydrogens is 472 g/mol. The number of amides is 2. The Morgan fingerprint density at radius 1 is 0.919 bits per heavy atom. The summed E-state index contributed by atoms with van der Waals surface area (Å²) in [6.45, 7) is 2.56. The van der Waals surface area contributed by atoms with Crippen LogP contribution in [0.3, 0.4) is 0 Å². The topological polar surface area (TPSA) is 102 Å². The Labute approximate surface area is 215 Å². The fourth-order valence-electron chi connectivity index (χ4n) is 4.05. The van der Waals surface area contributed by atoms with E-state index in [9.17, 15) is 19.2 Å². The Hall–Kier alpha value is -4.30. The van der Waals surface area contributed by atoms with E-state index in [-0.39, 0.29) is 29.6 Å². The van der Waals surface area contributed by atoms with Crippen LogP contribution in [-0.4, -0.2) is 49.4 Å². The van der Waals surface area contributed by atoms with E-state index in [1.807, 2.05) is 37.3 Å². The van der Waals surface area contributed by atoms with Crippen LogP contribution < -0.4 is 15.0 Å². The van der Waals surface area contributed by atoms with E-state index >= 15 is 0 Å². The van der Waals surface area contributed by atoms with Crippen LogP contribution in [0.15, 0.2) is 78.9 Å². The first-order valence-corrected chi connectivity index (χ1v) is 12.1. The Morgan fingerprint density at radius 3 is 2.27 bits per heavy atom. The van der Waals surface area contributed by atoms with Crippen LogP contribution in [0.5, 0.6) is 5.75 Å². The van der Waals surface area contributed by atoms with Gasteiger partial charge in [0, 0.05) is 5.56 Å². The van der Waals surface area contributed by atoms with Gasteiger partial charge in [-0.3, -0.25) is 14.4 Å². The van der Waals surface area contributed by atoms with Gasteiger partial charge >= 0.3 is 5.97 Å². The molecule has 0 spiro atoms. The molecule has 1 aliphatic rings. The number of carbonyl (C=O) groups excluding carboxylic acids is 4. The van der Waals surface area contributed by atoms with E-state index < -0.39 is 18.6 Å². The van der Waals surface area contributed by atoms with Gasteiger partial charge in [0.1, 0.15) is 5.75 Å². The minimum Gasteiger partial charge on any atom is -0.494 e. The summed E-state index contributed by atoms with van der Waals surface area (Å²) in [6.07, 6.45) is 0.821. The number of carbonyl (C=O) groups is 4. The van der Waals surface area contributed by atoms with Gasteiger partial charge in [0.2, 0.25) is 5.91 Å². The van der Waals surface area contributed by atoms with Crippen LogP contribution in [0.1, 0.15) is 39.6 Å². The Morgan fingerprint density at radius 2 is 1.59 bits per heavy atom. The minimum absolute atomic E-state index is 0.0745. The maximum Gasteiger partial charge on any atom is 0.338 e. The van der Waals surface area contributed by atoms with Crippen molar-refractivity contribution in [1.82, 2.24) is 5.32 Å². The van der Waals surface area contributed by atoms with E-state index in [0.29, 0.717) is 30.2 Å². The lowest BCUT2D eigenvalue weighted by Gasteiger charge is -2.16. The fourth-order valence-corrected chi connectivity index (χ4v) is 4.05. The number of hydrogen-bond acceptors (Lipinski definition) is 7. The lowest BCUT2D eigenvalue weighted by atomic mass is 10.1. The smallest absolute Gasteiger partial charge is 0.338 e. The van der Waals surface area contributed by atoms with Crippen molar-refractivity contribution in [3.05, 3.63) is 95.6 Å². The molecule has 1 heterocycles. The molecule has 0 bridgehead atoms. The van der Waals surface area contributed by atoms with Crippen LogP contribution in [0.25, 0.3) is 0 Å². The van der Waals surface area contributed by atoms with Crippen molar-refractivity contribution >= 4 is 29.3 Å². The third-order valence-electron chi connectivity index (χ3n) is 5.98. The van der Waals surface area contributed by atoms with Crippen molar-refractivity contribution in [3.63, 3.8) is 0 Å². The number of ether oxygens (including phenoxy) is 2. The summed E-state index contributed by atoms with van der Waals surface area (Å²) in [5, 5.41) is 3.16. The van der Waals surface area contributed by atoms with Gasteiger partial charge in [-0.25, -0.2) is 9.69 Å². The second-order valence-corrected chi connectivity index (χ2v) is 8.52. The van der Waals surface area contributed by atoms with Gasteiger partial charge in [0.25, 0.3) is 5.91 Å². The Balaban J connectivity index is 1.29. The molecule has 3 aromatic carbocycles. The summed E-state index contributed by atoms with van der Waals surface area (Å²) >= 11 is 0. The molecular formula is C29H28N2O6. The van der Waals surface area contributed by atoms with Gasteiger partial charge in [0.15, 0.2) is 12.4 Å². The highest BCUT2D eigenvalue weighted by Gasteiger charge is 2.39. The zero-order valence-corrected chi connectivity index (χ0v) is 20.5. The molecule has 0 aliphatic carbocycles. The van der Waals surface area contributed by atoms with Crippen LogP contribution in [0.2, 0.25) is 0 Å². The van der Waals surface area contributed by atoms with Gasteiger partial charge in [-0.1, -0.05) is 30.3 Å². The van der Waals surface area contributed by atoms with Gasteiger partial charge in [-0.2, -0.15) is 0 Å². The average Bonchev–Trinajstić information content (AvgIpc) is 3.21. The number of imide groups is 1. The standard InChI is InChI=1S/C29H28N2O6/c1-2-36-24-14-10-21(11-15-24)26(32)19-37-29(35)22-8-12-23(13-9-22)31-27(33)18-25(28(31)34)30-17-16-20-6-4-3-5-7-20/h3-15,25,30H,2,16-19H2,1H3. The molecule has 3 aromatic rings. The second kappa shape index (κ2) is 12.1. The lowest BCUT2D eigenvalue weighted by Crippen LogP contribution is -2.39. The highest BCUT2D eigenvalue weighted by molar-refractivity contribution is 6.22. The van der Waals surface area contributed by atoms with Crippen molar-refractivity contribution in [2.24, 2.45) is 0 Å². The first-order valence-electron chi connectivity index (χ1n) is 12.1. The van der Waals surface area contributed by atoms with Crippen molar-refractivity contribution in [2.75, 3.05) is 24.7 Å². The summed E-state index contributed by atoms with van der Waals surface area (Å²) < 4.78 is 10.5. The maximum absolute atomic E-state index is 12.9. The molecule has 2 amide bonds. The molecule has 37 heavy (non-hydrogen) atoms. The predicted molar refractivity (Wildman–Crippen MR) is 138 cm³/mol. The van der Waals surface area contributed by atoms with Gasteiger partial charge < -0.3 is 14.8 Å². The second-order valence-electron chi connectivity index (χ2n) is 8.52. The average molecular weight is 501 g/mol. The molecule has 1 saturated heterocycles. The Kier molecular flexibility index (Phi) is 8.43. The molecule has 1 aliphatic heterocycles. The number of nitrogens with one attached hydrogen (secondary N) is 1. The molecule has 190 valence electrons. The quantitative estimate of drug-likeness (QED) is 0.244. The van der Waals surface area contributed by atoms with E-state index in [0.717, 1.165) is 16.9 Å². The van der Waals surface area contributed by atoms with Gasteiger partial charge in [-0.05, 0) is 74.0 Å². The van der Waals surface area contributed by atoms with Crippen LogP contribution >= 0.6 is 0 Å². The van der Waals surface area contributed by atoms with Crippen LogP contribution in [0.4, 0.5) is 5.69 Å². The summed E-state index contributed by atoms with van der Waals surface area (Å²) in [5.74, 6) is -0.995. The summed E-state index contributed by atoms with van der Waals surface area (Å²) in [6, 6.07) is 21.9. The number of ketones is 1. The van der Waals surface area contributed by atoms with E-state index in [4.69, 9.17) is 9.47 Å². The SMILES string of the molecule is CCOc1ccc(C(=O)COC(=O)c2ccc(N3C(=O)CC(NCCc4ccccc4)C3=O)cc2)cc1. The fraction of sp³-hybridized carbons (Fsp3) is 0.241. The molecule has 1 atom stereocenters.